The molecule has 14 heavy (non-hydrogen) atoms. The van der Waals surface area contributed by atoms with Gasteiger partial charge in [0.05, 0.1) is 0 Å². The number of nitrogens with one attached hydrogen (secondary N) is 1. The van der Waals surface area contributed by atoms with E-state index >= 15 is 0 Å². The Morgan fingerprint density at radius 2 is 2.29 bits per heavy atom. The predicted molar refractivity (Wildman–Crippen MR) is 54.1 cm³/mol. The molecule has 0 spiro atoms. The summed E-state index contributed by atoms with van der Waals surface area (Å²) in [6, 6.07) is 1.05. The fourth-order valence-electron chi connectivity index (χ4n) is 2.09. The Hall–Kier alpha value is -1.06. The first-order valence-electron chi connectivity index (χ1n) is 5.12. The largest absolute Gasteiger partial charge is 0.335 e. The van der Waals surface area contributed by atoms with Crippen molar-refractivity contribution < 1.29 is 4.52 Å². The minimum Gasteiger partial charge on any atom is -0.335 e. The third-order valence-corrected chi connectivity index (χ3v) is 2.82. The number of nitrogens with zero attached hydrogens (tertiary/aromatic N) is 2. The molecule has 1 atom stereocenters. The topological polar surface area (TPSA) is 51.0 Å². The van der Waals surface area contributed by atoms with Gasteiger partial charge in [-0.3, -0.25) is 0 Å². The lowest BCUT2D eigenvalue weighted by molar-refractivity contribution is 0.375. The van der Waals surface area contributed by atoms with Crippen molar-refractivity contribution in [1.29, 1.82) is 0 Å². The molecule has 1 fully saturated rings. The van der Waals surface area contributed by atoms with E-state index in [0.717, 1.165) is 0 Å². The van der Waals surface area contributed by atoms with Gasteiger partial charge in [0.2, 0.25) is 0 Å². The molecule has 0 amide bonds. The number of hydrogen-bond donors (Lipinski definition) is 1. The van der Waals surface area contributed by atoms with Gasteiger partial charge in [0.1, 0.15) is 0 Å². The van der Waals surface area contributed by atoms with E-state index in [9.17, 15) is 0 Å². The summed E-state index contributed by atoms with van der Waals surface area (Å²) in [4.78, 5) is 4.13. The summed E-state index contributed by atoms with van der Waals surface area (Å²) in [7, 11) is 0. The molecular weight excluding hydrogens is 178 g/mol. The van der Waals surface area contributed by atoms with Crippen LogP contribution >= 0.6 is 0 Å². The molecule has 2 rings (SSSR count). The van der Waals surface area contributed by atoms with E-state index in [4.69, 9.17) is 4.52 Å². The van der Waals surface area contributed by atoms with Crippen LogP contribution in [0.2, 0.25) is 0 Å². The standard InChI is InChI=1S/C10H17N3O/c1-7-11-9(14-13-7)12-8-4-5-10(2,3)6-8/h8H,4-6H2,1-3H3,(H,11,12,13). The van der Waals surface area contributed by atoms with Crippen LogP contribution in [0.5, 0.6) is 0 Å². The van der Waals surface area contributed by atoms with Crippen molar-refractivity contribution in [2.75, 3.05) is 5.32 Å². The van der Waals surface area contributed by atoms with Crippen LogP contribution < -0.4 is 5.32 Å². The minimum absolute atomic E-state index is 0.451. The molecule has 4 heteroatoms. The smallest absolute Gasteiger partial charge is 0.321 e. The van der Waals surface area contributed by atoms with Crippen LogP contribution in [0.1, 0.15) is 38.9 Å². The van der Waals surface area contributed by atoms with Crippen LogP contribution in [0.3, 0.4) is 0 Å². The van der Waals surface area contributed by atoms with E-state index in [1.807, 2.05) is 6.92 Å². The van der Waals surface area contributed by atoms with Gasteiger partial charge in [-0.2, -0.15) is 4.98 Å². The maximum Gasteiger partial charge on any atom is 0.321 e. The number of aryl methyl sites for hydroxylation is 1. The Kier molecular flexibility index (Phi) is 2.21. The molecule has 1 saturated carbocycles. The van der Waals surface area contributed by atoms with Crippen molar-refractivity contribution in [2.45, 2.75) is 46.1 Å². The van der Waals surface area contributed by atoms with Crippen molar-refractivity contribution in [3.8, 4) is 0 Å². The molecule has 1 unspecified atom stereocenters. The zero-order chi connectivity index (χ0) is 10.2. The van der Waals surface area contributed by atoms with Gasteiger partial charge in [-0.05, 0) is 31.6 Å². The van der Waals surface area contributed by atoms with E-state index < -0.39 is 0 Å². The van der Waals surface area contributed by atoms with Gasteiger partial charge in [-0.15, -0.1) is 0 Å². The zero-order valence-corrected chi connectivity index (χ0v) is 9.00. The Bertz CT molecular complexity index is 319. The summed E-state index contributed by atoms with van der Waals surface area (Å²) in [5.74, 6) is 0.685. The van der Waals surface area contributed by atoms with E-state index in [0.29, 0.717) is 23.3 Å². The first-order chi connectivity index (χ1) is 6.55. The Balaban J connectivity index is 1.94. The number of hydrogen-bond acceptors (Lipinski definition) is 4. The molecule has 0 aromatic carbocycles. The van der Waals surface area contributed by atoms with Crippen LogP contribution in [-0.4, -0.2) is 16.2 Å². The quantitative estimate of drug-likeness (QED) is 0.787. The van der Waals surface area contributed by atoms with Crippen LogP contribution in [0.4, 0.5) is 6.01 Å². The van der Waals surface area contributed by atoms with E-state index in [-0.39, 0.29) is 0 Å². The van der Waals surface area contributed by atoms with Crippen molar-refractivity contribution in [1.82, 2.24) is 10.1 Å². The third kappa shape index (κ3) is 2.05. The average molecular weight is 195 g/mol. The summed E-state index contributed by atoms with van der Waals surface area (Å²) in [6.45, 7) is 6.43. The SMILES string of the molecule is Cc1noc(NC2CCC(C)(C)C2)n1. The monoisotopic (exact) mass is 195 g/mol. The lowest BCUT2D eigenvalue weighted by atomic mass is 9.92. The maximum atomic E-state index is 5.02. The second kappa shape index (κ2) is 3.26. The van der Waals surface area contributed by atoms with Gasteiger partial charge in [-0.25, -0.2) is 0 Å². The fourth-order valence-corrected chi connectivity index (χ4v) is 2.09. The Morgan fingerprint density at radius 3 is 2.79 bits per heavy atom. The summed E-state index contributed by atoms with van der Waals surface area (Å²) < 4.78 is 5.02. The van der Waals surface area contributed by atoms with Crippen LogP contribution in [-0.2, 0) is 0 Å². The summed E-state index contributed by atoms with van der Waals surface area (Å²) in [5, 5.41) is 7.02. The molecule has 1 heterocycles. The second-order valence-corrected chi connectivity index (χ2v) is 4.90. The highest BCUT2D eigenvalue weighted by Gasteiger charge is 2.31. The first kappa shape index (κ1) is 9.49. The number of aromatic nitrogens is 2. The van der Waals surface area contributed by atoms with Gasteiger partial charge in [0.25, 0.3) is 0 Å². The molecule has 0 saturated heterocycles. The van der Waals surface area contributed by atoms with Gasteiger partial charge < -0.3 is 9.84 Å². The zero-order valence-electron chi connectivity index (χ0n) is 9.00. The maximum absolute atomic E-state index is 5.02. The highest BCUT2D eigenvalue weighted by atomic mass is 16.5. The third-order valence-electron chi connectivity index (χ3n) is 2.82. The molecule has 4 nitrogen and oxygen atoms in total. The normalized spacial score (nSPS) is 25.2. The van der Waals surface area contributed by atoms with Gasteiger partial charge >= 0.3 is 6.01 Å². The highest BCUT2D eigenvalue weighted by molar-refractivity contribution is 5.21. The van der Waals surface area contributed by atoms with E-state index in [1.54, 1.807) is 0 Å². The molecule has 0 bridgehead atoms. The van der Waals surface area contributed by atoms with E-state index in [2.05, 4.69) is 29.3 Å². The Morgan fingerprint density at radius 1 is 1.50 bits per heavy atom. The Labute approximate surface area is 84.1 Å². The number of rotatable bonds is 2. The molecular formula is C10H17N3O. The fraction of sp³-hybridized carbons (Fsp3) is 0.800. The summed E-state index contributed by atoms with van der Waals surface area (Å²) in [5.41, 5.74) is 0.451. The van der Waals surface area contributed by atoms with Gasteiger partial charge in [-0.1, -0.05) is 19.0 Å². The average Bonchev–Trinajstić information content (AvgIpc) is 2.59. The second-order valence-electron chi connectivity index (χ2n) is 4.90. The first-order valence-corrected chi connectivity index (χ1v) is 5.12. The van der Waals surface area contributed by atoms with E-state index in [1.165, 1.54) is 19.3 Å². The minimum atomic E-state index is 0.451. The number of anilines is 1. The molecule has 1 N–H and O–H groups in total. The molecule has 1 aromatic rings. The lowest BCUT2D eigenvalue weighted by Gasteiger charge is -2.16. The summed E-state index contributed by atoms with van der Waals surface area (Å²) in [6.07, 6.45) is 3.63. The van der Waals surface area contributed by atoms with Crippen molar-refractivity contribution in [3.63, 3.8) is 0 Å². The van der Waals surface area contributed by atoms with Crippen LogP contribution in [0.15, 0.2) is 4.52 Å². The molecule has 1 aliphatic rings. The lowest BCUT2D eigenvalue weighted by Crippen LogP contribution is -2.17. The van der Waals surface area contributed by atoms with Crippen LogP contribution in [0, 0.1) is 12.3 Å². The van der Waals surface area contributed by atoms with Crippen LogP contribution in [0.25, 0.3) is 0 Å². The molecule has 1 aliphatic carbocycles. The highest BCUT2D eigenvalue weighted by Crippen LogP contribution is 2.37. The molecule has 0 radical (unpaired) electrons. The van der Waals surface area contributed by atoms with Gasteiger partial charge in [0.15, 0.2) is 5.82 Å². The molecule has 1 aromatic heterocycles. The van der Waals surface area contributed by atoms with Gasteiger partial charge in [0, 0.05) is 6.04 Å². The van der Waals surface area contributed by atoms with Crippen molar-refractivity contribution in [3.05, 3.63) is 5.82 Å². The van der Waals surface area contributed by atoms with Crippen molar-refractivity contribution in [2.24, 2.45) is 5.41 Å². The predicted octanol–water partition coefficient (Wildman–Crippen LogP) is 2.37. The molecule has 0 aliphatic heterocycles. The molecule has 78 valence electrons. The van der Waals surface area contributed by atoms with Crippen molar-refractivity contribution >= 4 is 6.01 Å². The summed E-state index contributed by atoms with van der Waals surface area (Å²) >= 11 is 0.